The zero-order valence-electron chi connectivity index (χ0n) is 9.19. The van der Waals surface area contributed by atoms with E-state index in [1.807, 2.05) is 18.2 Å². The van der Waals surface area contributed by atoms with Gasteiger partial charge in [0.1, 0.15) is 5.76 Å². The Morgan fingerprint density at radius 1 is 1.00 bits per heavy atom. The lowest BCUT2D eigenvalue weighted by atomic mass is 10.2. The second kappa shape index (κ2) is 4.58. The second-order valence-electron chi connectivity index (χ2n) is 3.64. The van der Waals surface area contributed by atoms with Gasteiger partial charge in [-0.15, -0.1) is 0 Å². The molecule has 0 aliphatic carbocycles. The molecule has 0 radical (unpaired) electrons. The highest BCUT2D eigenvalue weighted by molar-refractivity contribution is 7.99. The predicted molar refractivity (Wildman–Crippen MR) is 65.0 cm³/mol. The number of aryl methyl sites for hydroxylation is 2. The summed E-state index contributed by atoms with van der Waals surface area (Å²) in [5.41, 5.74) is 0.933. The SMILES string of the molecule is Cc1ccc(Sc2cc(C)oc(=O)c2)cc1. The Morgan fingerprint density at radius 2 is 1.69 bits per heavy atom. The van der Waals surface area contributed by atoms with Crippen molar-refractivity contribution in [2.24, 2.45) is 0 Å². The third kappa shape index (κ3) is 2.76. The standard InChI is InChI=1S/C13H12O2S/c1-9-3-5-11(6-4-9)16-12-7-10(2)15-13(14)8-12/h3-8H,1-2H3. The molecule has 82 valence electrons. The van der Waals surface area contributed by atoms with Crippen LogP contribution in [0.4, 0.5) is 0 Å². The largest absolute Gasteiger partial charge is 0.428 e. The molecule has 16 heavy (non-hydrogen) atoms. The van der Waals surface area contributed by atoms with Crippen LogP contribution in [0, 0.1) is 13.8 Å². The van der Waals surface area contributed by atoms with Gasteiger partial charge in [-0.2, -0.15) is 0 Å². The molecule has 1 aromatic heterocycles. The molecule has 2 aromatic rings. The van der Waals surface area contributed by atoms with Gasteiger partial charge in [-0.05, 0) is 32.0 Å². The molecule has 0 aliphatic heterocycles. The summed E-state index contributed by atoms with van der Waals surface area (Å²) in [5.74, 6) is 0.641. The van der Waals surface area contributed by atoms with Crippen LogP contribution in [0.3, 0.4) is 0 Å². The fourth-order valence-corrected chi connectivity index (χ4v) is 2.30. The summed E-state index contributed by atoms with van der Waals surface area (Å²) in [6.07, 6.45) is 0. The minimum absolute atomic E-state index is 0.297. The van der Waals surface area contributed by atoms with E-state index in [0.717, 1.165) is 9.79 Å². The minimum atomic E-state index is -0.297. The third-order valence-corrected chi connectivity index (χ3v) is 3.10. The molecule has 0 atom stereocenters. The molecule has 0 fully saturated rings. The van der Waals surface area contributed by atoms with Crippen molar-refractivity contribution in [1.82, 2.24) is 0 Å². The van der Waals surface area contributed by atoms with Gasteiger partial charge in [-0.3, -0.25) is 0 Å². The van der Waals surface area contributed by atoms with Crippen molar-refractivity contribution in [3.05, 3.63) is 58.1 Å². The van der Waals surface area contributed by atoms with Gasteiger partial charge in [-0.25, -0.2) is 4.79 Å². The van der Waals surface area contributed by atoms with Crippen LogP contribution in [-0.4, -0.2) is 0 Å². The van der Waals surface area contributed by atoms with Gasteiger partial charge < -0.3 is 4.42 Å². The summed E-state index contributed by atoms with van der Waals surface area (Å²) >= 11 is 1.56. The normalized spacial score (nSPS) is 10.4. The maximum atomic E-state index is 11.2. The first-order valence-electron chi connectivity index (χ1n) is 5.00. The Morgan fingerprint density at radius 3 is 2.31 bits per heavy atom. The Kier molecular flexibility index (Phi) is 3.15. The third-order valence-electron chi connectivity index (χ3n) is 2.12. The van der Waals surface area contributed by atoms with Crippen molar-refractivity contribution in [2.45, 2.75) is 23.6 Å². The minimum Gasteiger partial charge on any atom is -0.428 e. The molecule has 2 nitrogen and oxygen atoms in total. The predicted octanol–water partition coefficient (Wildman–Crippen LogP) is 3.41. The van der Waals surface area contributed by atoms with Crippen molar-refractivity contribution >= 4 is 11.8 Å². The fourth-order valence-electron chi connectivity index (χ4n) is 1.38. The molecule has 1 aromatic carbocycles. The molecule has 0 N–H and O–H groups in total. The molecular weight excluding hydrogens is 220 g/mol. The summed E-state index contributed by atoms with van der Waals surface area (Å²) < 4.78 is 4.91. The second-order valence-corrected chi connectivity index (χ2v) is 4.78. The number of benzene rings is 1. The molecule has 1 heterocycles. The lowest BCUT2D eigenvalue weighted by Gasteiger charge is -2.02. The molecule has 0 aliphatic rings. The summed E-state index contributed by atoms with van der Waals surface area (Å²) in [5, 5.41) is 0. The molecule has 0 unspecified atom stereocenters. The van der Waals surface area contributed by atoms with Gasteiger partial charge in [0.05, 0.1) is 0 Å². The summed E-state index contributed by atoms with van der Waals surface area (Å²) in [6, 6.07) is 11.6. The molecule has 0 spiro atoms. The Balaban J connectivity index is 2.26. The van der Waals surface area contributed by atoms with Crippen LogP contribution in [0.2, 0.25) is 0 Å². The van der Waals surface area contributed by atoms with Crippen LogP contribution >= 0.6 is 11.8 Å². The molecule has 3 heteroatoms. The maximum Gasteiger partial charge on any atom is 0.336 e. The Hall–Kier alpha value is -1.48. The first-order chi connectivity index (χ1) is 7.63. The molecule has 0 saturated carbocycles. The van der Waals surface area contributed by atoms with Gasteiger partial charge in [-0.1, -0.05) is 29.5 Å². The summed E-state index contributed by atoms with van der Waals surface area (Å²) in [4.78, 5) is 13.2. The first kappa shape index (κ1) is 11.0. The van der Waals surface area contributed by atoms with Gasteiger partial charge in [0.2, 0.25) is 0 Å². The molecule has 0 saturated heterocycles. The van der Waals surface area contributed by atoms with Crippen molar-refractivity contribution in [2.75, 3.05) is 0 Å². The quantitative estimate of drug-likeness (QED) is 0.794. The van der Waals surface area contributed by atoms with Crippen LogP contribution in [0.5, 0.6) is 0 Å². The van der Waals surface area contributed by atoms with Gasteiger partial charge in [0.25, 0.3) is 0 Å². The average molecular weight is 232 g/mol. The number of rotatable bonds is 2. The van der Waals surface area contributed by atoms with E-state index in [9.17, 15) is 4.79 Å². The van der Waals surface area contributed by atoms with Crippen molar-refractivity contribution in [3.63, 3.8) is 0 Å². The lowest BCUT2D eigenvalue weighted by Crippen LogP contribution is -1.97. The Labute approximate surface area is 98.3 Å². The smallest absolute Gasteiger partial charge is 0.336 e. The van der Waals surface area contributed by atoms with Crippen LogP contribution in [0.25, 0.3) is 0 Å². The average Bonchev–Trinajstić information content (AvgIpc) is 2.20. The first-order valence-corrected chi connectivity index (χ1v) is 5.81. The van der Waals surface area contributed by atoms with Crippen LogP contribution in [0.1, 0.15) is 11.3 Å². The Bertz CT molecular complexity index is 541. The van der Waals surface area contributed by atoms with Crippen molar-refractivity contribution < 1.29 is 4.42 Å². The van der Waals surface area contributed by atoms with Crippen LogP contribution in [-0.2, 0) is 0 Å². The van der Waals surface area contributed by atoms with Crippen molar-refractivity contribution in [1.29, 1.82) is 0 Å². The summed E-state index contributed by atoms with van der Waals surface area (Å²) in [6.45, 7) is 3.83. The van der Waals surface area contributed by atoms with E-state index in [-0.39, 0.29) is 5.63 Å². The lowest BCUT2D eigenvalue weighted by molar-refractivity contribution is 0.475. The highest BCUT2D eigenvalue weighted by Crippen LogP contribution is 2.27. The highest BCUT2D eigenvalue weighted by Gasteiger charge is 2.00. The maximum absolute atomic E-state index is 11.2. The van der Waals surface area contributed by atoms with Gasteiger partial charge >= 0.3 is 5.63 Å². The number of hydrogen-bond donors (Lipinski definition) is 0. The monoisotopic (exact) mass is 232 g/mol. The molecular formula is C13H12O2S. The van der Waals surface area contributed by atoms with E-state index in [1.54, 1.807) is 18.7 Å². The van der Waals surface area contributed by atoms with E-state index in [1.165, 1.54) is 11.6 Å². The van der Waals surface area contributed by atoms with Gasteiger partial charge in [0.15, 0.2) is 0 Å². The zero-order valence-corrected chi connectivity index (χ0v) is 10.0. The molecule has 0 amide bonds. The van der Waals surface area contributed by atoms with Crippen molar-refractivity contribution in [3.8, 4) is 0 Å². The van der Waals surface area contributed by atoms with E-state index in [4.69, 9.17) is 4.42 Å². The van der Waals surface area contributed by atoms with Crippen LogP contribution in [0.15, 0.2) is 55.4 Å². The number of hydrogen-bond acceptors (Lipinski definition) is 3. The van der Waals surface area contributed by atoms with E-state index >= 15 is 0 Å². The topological polar surface area (TPSA) is 30.2 Å². The zero-order chi connectivity index (χ0) is 11.5. The summed E-state index contributed by atoms with van der Waals surface area (Å²) in [7, 11) is 0. The highest BCUT2D eigenvalue weighted by atomic mass is 32.2. The van der Waals surface area contributed by atoms with E-state index in [2.05, 4.69) is 19.1 Å². The van der Waals surface area contributed by atoms with Crippen LogP contribution < -0.4 is 5.63 Å². The molecule has 0 bridgehead atoms. The van der Waals surface area contributed by atoms with Gasteiger partial charge in [0, 0.05) is 15.9 Å². The fraction of sp³-hybridized carbons (Fsp3) is 0.154. The van der Waals surface area contributed by atoms with E-state index in [0.29, 0.717) is 5.76 Å². The van der Waals surface area contributed by atoms with E-state index < -0.39 is 0 Å². The molecule has 2 rings (SSSR count).